The first-order valence-electron chi connectivity index (χ1n) is 16.9. The van der Waals surface area contributed by atoms with Crippen molar-refractivity contribution in [3.63, 3.8) is 0 Å². The zero-order chi connectivity index (χ0) is 35.4. The molecule has 4 nitrogen and oxygen atoms in total. The molecule has 0 spiro atoms. The molecule has 0 fully saturated rings. The molecule has 0 radical (unpaired) electrons. The quantitative estimate of drug-likeness (QED) is 0.0987. The average molecular weight is 751 g/mol. The Balaban J connectivity index is 1.41. The molecule has 0 unspecified atom stereocenters. The molecule has 0 bridgehead atoms. The molecule has 0 atom stereocenters. The maximum Gasteiger partial charge on any atom is 0.288 e. The molecule has 0 aliphatic heterocycles. The van der Waals surface area contributed by atoms with Crippen LogP contribution in [-0.4, -0.2) is 22.5 Å². The van der Waals surface area contributed by atoms with E-state index in [4.69, 9.17) is 18.8 Å². The Labute approximate surface area is 314 Å². The van der Waals surface area contributed by atoms with E-state index in [0.717, 1.165) is 21.1 Å². The van der Waals surface area contributed by atoms with Gasteiger partial charge in [0.25, 0.3) is 22.7 Å². The minimum absolute atomic E-state index is 0.375. The number of nitrogens with zero attached hydrogens (tertiary/aromatic N) is 2. The van der Waals surface area contributed by atoms with Crippen molar-refractivity contribution in [3.05, 3.63) is 182 Å². The van der Waals surface area contributed by atoms with Crippen molar-refractivity contribution in [2.45, 2.75) is 10.2 Å². The summed E-state index contributed by atoms with van der Waals surface area (Å²) in [4.78, 5) is 10.9. The smallest absolute Gasteiger partial charge is 0.288 e. The molecule has 0 amide bonds. The molecule has 2 heterocycles. The largest absolute Gasteiger partial charge is 0.421 e. The highest BCUT2D eigenvalue weighted by Crippen LogP contribution is 2.57. The van der Waals surface area contributed by atoms with Crippen molar-refractivity contribution in [3.8, 4) is 11.8 Å². The summed E-state index contributed by atoms with van der Waals surface area (Å²) in [6.45, 7) is 0. The summed E-state index contributed by atoms with van der Waals surface area (Å²) < 4.78 is 13.6. The number of hydrogen-bond acceptors (Lipinski definition) is 6. The number of benzene rings is 6. The van der Waals surface area contributed by atoms with Crippen molar-refractivity contribution in [2.24, 2.45) is 0 Å². The third kappa shape index (κ3) is 5.85. The van der Waals surface area contributed by atoms with E-state index in [1.807, 2.05) is 0 Å². The van der Waals surface area contributed by atoms with Crippen molar-refractivity contribution in [1.29, 1.82) is 0 Å². The lowest BCUT2D eigenvalue weighted by molar-refractivity contribution is 0.433. The maximum absolute atomic E-state index is 6.79. The summed E-state index contributed by atoms with van der Waals surface area (Å²) in [6, 6.07) is 64.4. The van der Waals surface area contributed by atoms with Crippen LogP contribution in [0.4, 0.5) is 0 Å². The van der Waals surface area contributed by atoms with E-state index in [1.54, 1.807) is 23.5 Å². The molecule has 0 aliphatic rings. The summed E-state index contributed by atoms with van der Waals surface area (Å²) >= 11 is 3.13. The van der Waals surface area contributed by atoms with Crippen LogP contribution in [0.3, 0.4) is 0 Å². The fraction of sp³-hybridized carbons (Fsp3) is 0.0455. The van der Waals surface area contributed by atoms with E-state index in [9.17, 15) is 0 Å². The van der Waals surface area contributed by atoms with E-state index < -0.39 is 14.5 Å². The van der Waals surface area contributed by atoms with Crippen LogP contribution >= 0.6 is 38.0 Å². The molecule has 0 saturated heterocycles. The van der Waals surface area contributed by atoms with E-state index in [2.05, 4.69) is 195 Å². The monoisotopic (exact) mass is 750 g/mol. The lowest BCUT2D eigenvalue weighted by atomic mass is 10.4. The van der Waals surface area contributed by atoms with E-state index in [-0.39, 0.29) is 0 Å². The predicted octanol–water partition coefficient (Wildman–Crippen LogP) is 8.01. The van der Waals surface area contributed by atoms with Gasteiger partial charge in [-0.25, -0.2) is 0 Å². The van der Waals surface area contributed by atoms with Gasteiger partial charge in [0.05, 0.1) is 0 Å². The van der Waals surface area contributed by atoms with Gasteiger partial charge in [0, 0.05) is 0 Å². The number of thioether (sulfide) groups is 2. The minimum atomic E-state index is -2.54. The highest BCUT2D eigenvalue weighted by Gasteiger charge is 2.55. The summed E-state index contributed by atoms with van der Waals surface area (Å²) in [7, 11) is -5.08. The predicted molar refractivity (Wildman–Crippen MR) is 225 cm³/mol. The van der Waals surface area contributed by atoms with Crippen molar-refractivity contribution < 1.29 is 8.83 Å². The lowest BCUT2D eigenvalue weighted by Crippen LogP contribution is -2.40. The van der Waals surface area contributed by atoms with Gasteiger partial charge in [-0.15, -0.1) is 0 Å². The van der Waals surface area contributed by atoms with Crippen molar-refractivity contribution >= 4 is 80.7 Å². The lowest BCUT2D eigenvalue weighted by Gasteiger charge is -2.25. The highest BCUT2D eigenvalue weighted by atomic mass is 32.2. The van der Waals surface area contributed by atoms with Gasteiger partial charge in [-0.05, 0) is 85.3 Å². The van der Waals surface area contributed by atoms with Crippen LogP contribution in [0.1, 0.15) is 0 Å². The molecular formula is C44H36N2O2P2S2+2. The van der Waals surface area contributed by atoms with Gasteiger partial charge < -0.3 is 8.83 Å². The van der Waals surface area contributed by atoms with Crippen LogP contribution < -0.4 is 42.7 Å². The SMILES string of the molecule is CSc1oc(-c2nc([P+](c3ccccc3)(c3ccccc3)c3ccccc3)c(SC)o2)nc1[P+](c1ccccc1)(c1ccccc1)c1ccccc1. The summed E-state index contributed by atoms with van der Waals surface area (Å²) in [5.41, 5.74) is 1.80. The normalized spacial score (nSPS) is 11.8. The Bertz CT molecular complexity index is 2010. The van der Waals surface area contributed by atoms with E-state index >= 15 is 0 Å². The topological polar surface area (TPSA) is 52.1 Å². The number of hydrogen-bond donors (Lipinski definition) is 0. The standard InChI is InChI=1S/C44H36N2O2P2S2/c1-51-43-41(49(33-21-9-3-10-22-33,34-23-11-4-12-24-34)35-25-13-5-14-26-35)45-39(47-43)40-46-42(44(48-40)52-2)50(36-27-15-6-16-28-36,37-29-17-7-18-30-37)38-31-19-8-20-32-38/h3-32H,1-2H3/q+2. The van der Waals surface area contributed by atoms with Crippen molar-refractivity contribution in [2.75, 3.05) is 12.5 Å². The van der Waals surface area contributed by atoms with Crippen LogP contribution in [0, 0.1) is 0 Å². The third-order valence-electron chi connectivity index (χ3n) is 9.21. The Kier molecular flexibility index (Phi) is 9.99. The Morgan fingerprint density at radius 3 is 0.750 bits per heavy atom. The molecule has 0 aliphatic carbocycles. The molecule has 2 aromatic heterocycles. The molecule has 0 saturated carbocycles. The Morgan fingerprint density at radius 1 is 0.346 bits per heavy atom. The Morgan fingerprint density at radius 2 is 0.558 bits per heavy atom. The van der Waals surface area contributed by atoms with Crippen LogP contribution in [0.5, 0.6) is 0 Å². The average Bonchev–Trinajstić information content (AvgIpc) is 3.87. The first kappa shape index (κ1) is 34.4. The second-order valence-electron chi connectivity index (χ2n) is 12.0. The molecular weight excluding hydrogens is 715 g/mol. The van der Waals surface area contributed by atoms with Crippen LogP contribution in [0.25, 0.3) is 11.8 Å². The highest BCUT2D eigenvalue weighted by molar-refractivity contribution is 8.04. The fourth-order valence-corrected chi connectivity index (χ4v) is 17.2. The molecule has 254 valence electrons. The van der Waals surface area contributed by atoms with Gasteiger partial charge in [0.1, 0.15) is 31.8 Å². The minimum Gasteiger partial charge on any atom is -0.421 e. The molecule has 8 heteroatoms. The van der Waals surface area contributed by atoms with E-state index in [0.29, 0.717) is 11.8 Å². The first-order valence-corrected chi connectivity index (χ1v) is 23.0. The molecule has 8 aromatic rings. The van der Waals surface area contributed by atoms with Crippen LogP contribution in [-0.2, 0) is 0 Å². The molecule has 0 N–H and O–H groups in total. The maximum atomic E-state index is 6.79. The summed E-state index contributed by atoms with van der Waals surface area (Å²) in [5, 5.41) is 8.68. The van der Waals surface area contributed by atoms with Gasteiger partial charge in [0.15, 0.2) is 14.5 Å². The second-order valence-corrected chi connectivity index (χ2v) is 20.2. The number of rotatable bonds is 11. The van der Waals surface area contributed by atoms with Gasteiger partial charge in [-0.1, -0.05) is 133 Å². The van der Waals surface area contributed by atoms with E-state index in [1.165, 1.54) is 31.8 Å². The van der Waals surface area contributed by atoms with Gasteiger partial charge in [0.2, 0.25) is 10.2 Å². The summed E-state index contributed by atoms with van der Waals surface area (Å²) in [6.07, 6.45) is 4.10. The first-order chi connectivity index (χ1) is 25.7. The van der Waals surface area contributed by atoms with Gasteiger partial charge in [-0.3, -0.25) is 0 Å². The van der Waals surface area contributed by atoms with Gasteiger partial charge in [-0.2, -0.15) is 9.97 Å². The number of oxazole rings is 2. The Hall–Kier alpha value is -4.70. The van der Waals surface area contributed by atoms with Crippen LogP contribution in [0.2, 0.25) is 0 Å². The van der Waals surface area contributed by atoms with Crippen molar-refractivity contribution in [1.82, 2.24) is 9.97 Å². The zero-order valence-electron chi connectivity index (χ0n) is 28.7. The molecule has 52 heavy (non-hydrogen) atoms. The van der Waals surface area contributed by atoms with Gasteiger partial charge >= 0.3 is 0 Å². The van der Waals surface area contributed by atoms with Crippen LogP contribution in [0.15, 0.2) is 201 Å². The zero-order valence-corrected chi connectivity index (χ0v) is 32.2. The second kappa shape index (κ2) is 15.1. The summed E-state index contributed by atoms with van der Waals surface area (Å²) in [5.74, 6) is 0.751. The third-order valence-corrected chi connectivity index (χ3v) is 19.1. The molecule has 6 aromatic carbocycles. The fourth-order valence-electron chi connectivity index (χ4n) is 7.01. The number of aromatic nitrogens is 2. The molecule has 8 rings (SSSR count).